The molecule has 1 saturated heterocycles. The van der Waals surface area contributed by atoms with Crippen molar-refractivity contribution in [1.29, 1.82) is 0 Å². The van der Waals surface area contributed by atoms with E-state index in [0.29, 0.717) is 18.6 Å². The van der Waals surface area contributed by atoms with Crippen LogP contribution in [0.2, 0.25) is 5.28 Å². The third kappa shape index (κ3) is 4.16. The number of halogens is 1. The summed E-state index contributed by atoms with van der Waals surface area (Å²) in [5.74, 6) is 0.454. The van der Waals surface area contributed by atoms with Crippen LogP contribution in [-0.2, 0) is 0 Å². The van der Waals surface area contributed by atoms with Crippen molar-refractivity contribution in [3.05, 3.63) is 5.28 Å². The molecule has 1 fully saturated rings. The summed E-state index contributed by atoms with van der Waals surface area (Å²) in [7, 11) is 4.26. The molecule has 0 saturated carbocycles. The monoisotopic (exact) mass is 300 g/mol. The van der Waals surface area contributed by atoms with Gasteiger partial charge in [0.2, 0.25) is 11.2 Å². The highest BCUT2D eigenvalue weighted by atomic mass is 35.5. The molecule has 1 unspecified atom stereocenters. The van der Waals surface area contributed by atoms with E-state index < -0.39 is 0 Å². The van der Waals surface area contributed by atoms with Crippen LogP contribution in [0, 0.1) is 0 Å². The summed E-state index contributed by atoms with van der Waals surface area (Å²) < 4.78 is 5.25. The normalized spacial score (nSPS) is 20.9. The third-order valence-electron chi connectivity index (χ3n) is 3.34. The summed E-state index contributed by atoms with van der Waals surface area (Å²) in [6, 6.07) is 0.670. The second kappa shape index (κ2) is 7.01. The fourth-order valence-electron chi connectivity index (χ4n) is 2.14. The van der Waals surface area contributed by atoms with E-state index in [-0.39, 0.29) is 11.3 Å². The maximum atomic E-state index is 5.86. The van der Waals surface area contributed by atoms with Gasteiger partial charge in [0.25, 0.3) is 0 Å². The Balaban J connectivity index is 1.95. The Kier molecular flexibility index (Phi) is 5.33. The molecule has 20 heavy (non-hydrogen) atoms. The first-order chi connectivity index (χ1) is 9.58. The summed E-state index contributed by atoms with van der Waals surface area (Å²) in [6.07, 6.45) is 0. The lowest BCUT2D eigenvalue weighted by Crippen LogP contribution is -2.52. The SMILES string of the molecule is CCOc1nc(Cl)nc(NCC2CN(C)CCN2C)n1. The molecule has 1 aromatic heterocycles. The highest BCUT2D eigenvalue weighted by Gasteiger charge is 2.22. The fraction of sp³-hybridized carbons (Fsp3) is 0.750. The maximum Gasteiger partial charge on any atom is 0.322 e. The first kappa shape index (κ1) is 15.2. The summed E-state index contributed by atoms with van der Waals surface area (Å²) >= 11 is 5.86. The minimum atomic E-state index is 0.139. The van der Waals surface area contributed by atoms with Crippen LogP contribution in [0.5, 0.6) is 6.01 Å². The molecule has 8 heteroatoms. The molecule has 0 spiro atoms. The molecular formula is C12H21ClN6O. The molecule has 1 atom stereocenters. The molecule has 1 N–H and O–H groups in total. The van der Waals surface area contributed by atoms with Crippen molar-refractivity contribution >= 4 is 17.5 Å². The number of ether oxygens (including phenoxy) is 1. The van der Waals surface area contributed by atoms with Gasteiger partial charge in [0.1, 0.15) is 0 Å². The van der Waals surface area contributed by atoms with E-state index >= 15 is 0 Å². The number of likely N-dealkylation sites (N-methyl/N-ethyl adjacent to an activating group) is 2. The van der Waals surface area contributed by atoms with Crippen LogP contribution in [0.15, 0.2) is 0 Å². The van der Waals surface area contributed by atoms with E-state index in [1.165, 1.54) is 0 Å². The van der Waals surface area contributed by atoms with Crippen molar-refractivity contribution < 1.29 is 4.74 Å². The van der Waals surface area contributed by atoms with Gasteiger partial charge >= 0.3 is 6.01 Å². The van der Waals surface area contributed by atoms with E-state index in [0.717, 1.165) is 26.2 Å². The van der Waals surface area contributed by atoms with E-state index in [1.807, 2.05) is 6.92 Å². The van der Waals surface area contributed by atoms with Crippen molar-refractivity contribution in [3.8, 4) is 6.01 Å². The molecule has 1 aromatic rings. The maximum absolute atomic E-state index is 5.86. The van der Waals surface area contributed by atoms with Crippen molar-refractivity contribution in [3.63, 3.8) is 0 Å². The van der Waals surface area contributed by atoms with Gasteiger partial charge in [-0.25, -0.2) is 0 Å². The average Bonchev–Trinajstić information content (AvgIpc) is 2.40. The first-order valence-electron chi connectivity index (χ1n) is 6.75. The van der Waals surface area contributed by atoms with Gasteiger partial charge in [-0.3, -0.25) is 4.90 Å². The molecule has 1 aliphatic heterocycles. The van der Waals surface area contributed by atoms with Gasteiger partial charge in [0, 0.05) is 32.2 Å². The van der Waals surface area contributed by atoms with Crippen molar-refractivity contribution in [1.82, 2.24) is 24.8 Å². The van der Waals surface area contributed by atoms with Gasteiger partial charge < -0.3 is 15.0 Å². The van der Waals surface area contributed by atoms with Crippen LogP contribution in [0.25, 0.3) is 0 Å². The Bertz CT molecular complexity index is 446. The molecule has 2 rings (SSSR count). The van der Waals surface area contributed by atoms with Gasteiger partial charge in [-0.15, -0.1) is 0 Å². The second-order valence-corrected chi connectivity index (χ2v) is 5.26. The standard InChI is InChI=1S/C12H21ClN6O/c1-4-20-12-16-10(13)15-11(17-12)14-7-9-8-18(2)5-6-19(9)3/h9H,4-8H2,1-3H3,(H,14,15,16,17). The summed E-state index contributed by atoms with van der Waals surface area (Å²) in [6.45, 7) is 6.30. The smallest absolute Gasteiger partial charge is 0.322 e. The van der Waals surface area contributed by atoms with Crippen molar-refractivity contribution in [2.45, 2.75) is 13.0 Å². The molecule has 7 nitrogen and oxygen atoms in total. The lowest BCUT2D eigenvalue weighted by Gasteiger charge is -2.37. The summed E-state index contributed by atoms with van der Waals surface area (Å²) in [5, 5.41) is 3.35. The van der Waals surface area contributed by atoms with Crippen LogP contribution in [0.3, 0.4) is 0 Å². The molecule has 0 bridgehead atoms. The van der Waals surface area contributed by atoms with Gasteiger partial charge in [0.05, 0.1) is 6.61 Å². The van der Waals surface area contributed by atoms with Crippen LogP contribution in [-0.4, -0.2) is 77.7 Å². The van der Waals surface area contributed by atoms with Gasteiger partial charge in [-0.1, -0.05) is 0 Å². The minimum absolute atomic E-state index is 0.139. The Labute approximate surface area is 124 Å². The van der Waals surface area contributed by atoms with E-state index in [4.69, 9.17) is 16.3 Å². The number of piperazine rings is 1. The average molecular weight is 301 g/mol. The number of hydrogen-bond acceptors (Lipinski definition) is 7. The van der Waals surface area contributed by atoms with Crippen molar-refractivity contribution in [2.75, 3.05) is 52.2 Å². The van der Waals surface area contributed by atoms with E-state index in [9.17, 15) is 0 Å². The van der Waals surface area contributed by atoms with Crippen molar-refractivity contribution in [2.24, 2.45) is 0 Å². The fourth-order valence-corrected chi connectivity index (χ4v) is 2.29. The molecule has 112 valence electrons. The van der Waals surface area contributed by atoms with Gasteiger partial charge in [-0.2, -0.15) is 15.0 Å². The highest BCUT2D eigenvalue weighted by Crippen LogP contribution is 2.12. The van der Waals surface area contributed by atoms with Crippen LogP contribution in [0.1, 0.15) is 6.92 Å². The Hall–Kier alpha value is -1.18. The molecule has 0 amide bonds. The molecule has 0 aliphatic carbocycles. The van der Waals surface area contributed by atoms with Crippen LogP contribution in [0.4, 0.5) is 5.95 Å². The highest BCUT2D eigenvalue weighted by molar-refractivity contribution is 6.28. The zero-order valence-electron chi connectivity index (χ0n) is 12.1. The zero-order valence-corrected chi connectivity index (χ0v) is 12.9. The minimum Gasteiger partial charge on any atom is -0.464 e. The zero-order chi connectivity index (χ0) is 14.5. The molecule has 0 radical (unpaired) electrons. The summed E-state index contributed by atoms with van der Waals surface area (Å²) in [4.78, 5) is 16.8. The van der Waals surface area contributed by atoms with E-state index in [1.54, 1.807) is 0 Å². The van der Waals surface area contributed by atoms with Crippen LogP contribution < -0.4 is 10.1 Å². The quantitative estimate of drug-likeness (QED) is 0.853. The van der Waals surface area contributed by atoms with E-state index in [2.05, 4.69) is 44.2 Å². The predicted octanol–water partition coefficient (Wildman–Crippen LogP) is 0.581. The molecule has 0 aromatic carbocycles. The Morgan fingerprint density at radius 1 is 1.30 bits per heavy atom. The number of aromatic nitrogens is 3. The first-order valence-corrected chi connectivity index (χ1v) is 7.13. The largest absolute Gasteiger partial charge is 0.464 e. The lowest BCUT2D eigenvalue weighted by atomic mass is 10.2. The van der Waals surface area contributed by atoms with Gasteiger partial charge in [0.15, 0.2) is 0 Å². The second-order valence-electron chi connectivity index (χ2n) is 4.92. The number of rotatable bonds is 5. The number of hydrogen-bond donors (Lipinski definition) is 1. The molecule has 1 aliphatic rings. The van der Waals surface area contributed by atoms with Gasteiger partial charge in [-0.05, 0) is 32.6 Å². The molecular weight excluding hydrogens is 280 g/mol. The lowest BCUT2D eigenvalue weighted by molar-refractivity contribution is 0.121. The number of anilines is 1. The summed E-state index contributed by atoms with van der Waals surface area (Å²) in [5.41, 5.74) is 0. The van der Waals surface area contributed by atoms with Crippen LogP contribution >= 0.6 is 11.6 Å². The number of nitrogens with zero attached hydrogens (tertiary/aromatic N) is 5. The predicted molar refractivity (Wildman–Crippen MR) is 78.4 cm³/mol. The molecule has 2 heterocycles. The topological polar surface area (TPSA) is 66.4 Å². The third-order valence-corrected chi connectivity index (χ3v) is 3.51. The Morgan fingerprint density at radius 3 is 2.85 bits per heavy atom. The Morgan fingerprint density at radius 2 is 2.10 bits per heavy atom. The number of nitrogens with one attached hydrogen (secondary N) is 1.